The molecule has 2 N–H and O–H groups in total. The van der Waals surface area contributed by atoms with Crippen molar-refractivity contribution in [2.45, 2.75) is 19.4 Å². The standard InChI is InChI=1S/C11H13BrClNO2/c1-7-5-8(3-4-9(7)13)14-10(15)11(2,16)6-12/h3-5,16H,6H2,1-2H3,(H,14,15). The van der Waals surface area contributed by atoms with Crippen molar-refractivity contribution in [3.63, 3.8) is 0 Å². The highest BCUT2D eigenvalue weighted by Gasteiger charge is 2.28. The summed E-state index contributed by atoms with van der Waals surface area (Å²) >= 11 is 8.94. The van der Waals surface area contributed by atoms with Crippen LogP contribution in [0.3, 0.4) is 0 Å². The average Bonchev–Trinajstić information content (AvgIpc) is 2.23. The SMILES string of the molecule is Cc1cc(NC(=O)C(C)(O)CBr)ccc1Cl. The fourth-order valence-electron chi connectivity index (χ4n) is 1.05. The molecule has 1 aromatic carbocycles. The Kier molecular flexibility index (Phi) is 4.35. The first-order valence-electron chi connectivity index (χ1n) is 4.73. The number of hydrogen-bond donors (Lipinski definition) is 2. The molecule has 0 saturated heterocycles. The summed E-state index contributed by atoms with van der Waals surface area (Å²) in [6, 6.07) is 5.15. The lowest BCUT2D eigenvalue weighted by Crippen LogP contribution is -2.41. The summed E-state index contributed by atoms with van der Waals surface area (Å²) in [6.45, 7) is 3.29. The highest BCUT2D eigenvalue weighted by molar-refractivity contribution is 9.09. The lowest BCUT2D eigenvalue weighted by Gasteiger charge is -2.19. The number of carbonyl (C=O) groups excluding carboxylic acids is 1. The third kappa shape index (κ3) is 3.20. The van der Waals surface area contributed by atoms with Gasteiger partial charge >= 0.3 is 0 Å². The van der Waals surface area contributed by atoms with E-state index in [2.05, 4.69) is 21.2 Å². The number of hydrogen-bond acceptors (Lipinski definition) is 2. The van der Waals surface area contributed by atoms with E-state index in [1.165, 1.54) is 6.92 Å². The van der Waals surface area contributed by atoms with Gasteiger partial charge in [0.1, 0.15) is 5.60 Å². The smallest absolute Gasteiger partial charge is 0.256 e. The third-order valence-electron chi connectivity index (χ3n) is 2.17. The summed E-state index contributed by atoms with van der Waals surface area (Å²) in [5.74, 6) is -0.453. The van der Waals surface area contributed by atoms with Crippen LogP contribution in [0, 0.1) is 6.92 Å². The number of benzene rings is 1. The molecule has 5 heteroatoms. The minimum Gasteiger partial charge on any atom is -0.379 e. The predicted molar refractivity (Wildman–Crippen MR) is 69.2 cm³/mol. The summed E-state index contributed by atoms with van der Waals surface area (Å²) < 4.78 is 0. The Balaban J connectivity index is 2.82. The fourth-order valence-corrected chi connectivity index (χ4v) is 1.42. The first-order chi connectivity index (χ1) is 7.36. The minimum atomic E-state index is -1.42. The Morgan fingerprint density at radius 1 is 1.62 bits per heavy atom. The zero-order valence-electron chi connectivity index (χ0n) is 9.05. The molecule has 0 saturated carbocycles. The Bertz CT molecular complexity index is 407. The van der Waals surface area contributed by atoms with Crippen LogP contribution in [0.1, 0.15) is 12.5 Å². The van der Waals surface area contributed by atoms with E-state index >= 15 is 0 Å². The highest BCUT2D eigenvalue weighted by atomic mass is 79.9. The van der Waals surface area contributed by atoms with E-state index in [1.54, 1.807) is 18.2 Å². The zero-order chi connectivity index (χ0) is 12.3. The van der Waals surface area contributed by atoms with Gasteiger partial charge in [-0.3, -0.25) is 4.79 Å². The van der Waals surface area contributed by atoms with Crippen molar-refractivity contribution in [2.75, 3.05) is 10.6 Å². The van der Waals surface area contributed by atoms with Crippen LogP contribution in [0.25, 0.3) is 0 Å². The third-order valence-corrected chi connectivity index (χ3v) is 3.68. The molecule has 0 aliphatic rings. The van der Waals surface area contributed by atoms with Gasteiger partial charge < -0.3 is 10.4 Å². The fraction of sp³-hybridized carbons (Fsp3) is 0.364. The number of amides is 1. The van der Waals surface area contributed by atoms with E-state index in [9.17, 15) is 9.90 Å². The van der Waals surface area contributed by atoms with E-state index in [-0.39, 0.29) is 5.33 Å². The van der Waals surface area contributed by atoms with Gasteiger partial charge in [-0.1, -0.05) is 27.5 Å². The number of nitrogens with one attached hydrogen (secondary N) is 1. The second kappa shape index (κ2) is 5.17. The van der Waals surface area contributed by atoms with Crippen molar-refractivity contribution in [3.05, 3.63) is 28.8 Å². The van der Waals surface area contributed by atoms with Gasteiger partial charge in [-0.15, -0.1) is 0 Å². The number of aryl methyl sites for hydroxylation is 1. The van der Waals surface area contributed by atoms with Crippen LogP contribution >= 0.6 is 27.5 Å². The average molecular weight is 307 g/mol. The second-order valence-electron chi connectivity index (χ2n) is 3.83. The molecule has 3 nitrogen and oxygen atoms in total. The van der Waals surface area contributed by atoms with Gasteiger partial charge in [-0.05, 0) is 37.6 Å². The number of halogens is 2. The van der Waals surface area contributed by atoms with Crippen molar-refractivity contribution in [1.29, 1.82) is 0 Å². The van der Waals surface area contributed by atoms with Crippen molar-refractivity contribution < 1.29 is 9.90 Å². The maximum absolute atomic E-state index is 11.6. The summed E-state index contributed by atoms with van der Waals surface area (Å²) in [7, 11) is 0. The Hall–Kier alpha value is -0.580. The van der Waals surface area contributed by atoms with Crippen LogP contribution in [0.4, 0.5) is 5.69 Å². The molecule has 0 fully saturated rings. The Labute approximate surface area is 108 Å². The number of aliphatic hydroxyl groups is 1. The first-order valence-corrected chi connectivity index (χ1v) is 6.22. The van der Waals surface area contributed by atoms with Gasteiger partial charge in [0.25, 0.3) is 5.91 Å². The van der Waals surface area contributed by atoms with Crippen LogP contribution in [0.5, 0.6) is 0 Å². The summed E-state index contributed by atoms with van der Waals surface area (Å²) in [5, 5.41) is 13.1. The second-order valence-corrected chi connectivity index (χ2v) is 4.79. The Morgan fingerprint density at radius 3 is 2.75 bits per heavy atom. The molecule has 1 atom stereocenters. The van der Waals surface area contributed by atoms with Crippen molar-refractivity contribution >= 4 is 39.1 Å². The first kappa shape index (κ1) is 13.5. The maximum Gasteiger partial charge on any atom is 0.256 e. The molecule has 0 heterocycles. The monoisotopic (exact) mass is 305 g/mol. The lowest BCUT2D eigenvalue weighted by atomic mass is 10.1. The molecule has 16 heavy (non-hydrogen) atoms. The molecule has 1 unspecified atom stereocenters. The van der Waals surface area contributed by atoms with Crippen LogP contribution in [-0.4, -0.2) is 21.9 Å². The number of rotatable bonds is 3. The summed E-state index contributed by atoms with van der Waals surface area (Å²) in [5.41, 5.74) is 0.0687. The maximum atomic E-state index is 11.6. The van der Waals surface area contributed by atoms with Crippen molar-refractivity contribution in [2.24, 2.45) is 0 Å². The van der Waals surface area contributed by atoms with Crippen LogP contribution in [0.15, 0.2) is 18.2 Å². The molecule has 0 bridgehead atoms. The van der Waals surface area contributed by atoms with Crippen molar-refractivity contribution in [1.82, 2.24) is 0 Å². The van der Waals surface area contributed by atoms with E-state index in [1.807, 2.05) is 6.92 Å². The topological polar surface area (TPSA) is 49.3 Å². The molecule has 1 amide bonds. The Morgan fingerprint density at radius 2 is 2.25 bits per heavy atom. The summed E-state index contributed by atoms with van der Waals surface area (Å²) in [4.78, 5) is 11.6. The van der Waals surface area contributed by atoms with Gasteiger partial charge in [0.05, 0.1) is 0 Å². The molecular formula is C11H13BrClNO2. The molecule has 1 rings (SSSR count). The minimum absolute atomic E-state index is 0.179. The lowest BCUT2D eigenvalue weighted by molar-refractivity contribution is -0.130. The molecule has 0 aromatic heterocycles. The van der Waals surface area contributed by atoms with Crippen LogP contribution in [0.2, 0.25) is 5.02 Å². The van der Waals surface area contributed by atoms with Gasteiger partial charge in [0.15, 0.2) is 0 Å². The highest BCUT2D eigenvalue weighted by Crippen LogP contribution is 2.20. The quantitative estimate of drug-likeness (QED) is 0.844. The predicted octanol–water partition coefficient (Wildman–Crippen LogP) is 2.73. The van der Waals surface area contributed by atoms with Gasteiger partial charge in [-0.25, -0.2) is 0 Å². The zero-order valence-corrected chi connectivity index (χ0v) is 11.4. The molecule has 0 aliphatic heterocycles. The normalized spacial score (nSPS) is 14.3. The molecular weight excluding hydrogens is 293 g/mol. The van der Waals surface area contributed by atoms with E-state index in [0.29, 0.717) is 10.7 Å². The van der Waals surface area contributed by atoms with Crippen molar-refractivity contribution in [3.8, 4) is 0 Å². The van der Waals surface area contributed by atoms with E-state index in [0.717, 1.165) is 5.56 Å². The molecule has 1 aromatic rings. The molecule has 88 valence electrons. The largest absolute Gasteiger partial charge is 0.379 e. The molecule has 0 spiro atoms. The number of anilines is 1. The number of alkyl halides is 1. The van der Waals surface area contributed by atoms with E-state index in [4.69, 9.17) is 11.6 Å². The molecule has 0 radical (unpaired) electrons. The number of carbonyl (C=O) groups is 1. The van der Waals surface area contributed by atoms with Crippen LogP contribution < -0.4 is 5.32 Å². The van der Waals surface area contributed by atoms with E-state index < -0.39 is 11.5 Å². The van der Waals surface area contributed by atoms with Gasteiger partial charge in [0.2, 0.25) is 0 Å². The van der Waals surface area contributed by atoms with Gasteiger partial charge in [-0.2, -0.15) is 0 Å². The molecule has 0 aliphatic carbocycles. The summed E-state index contributed by atoms with van der Waals surface area (Å²) in [6.07, 6.45) is 0. The van der Waals surface area contributed by atoms with Gasteiger partial charge in [0, 0.05) is 16.0 Å². The van der Waals surface area contributed by atoms with Crippen LogP contribution in [-0.2, 0) is 4.79 Å².